The third-order valence-corrected chi connectivity index (χ3v) is 6.27. The molecule has 2 heteroatoms. The van der Waals surface area contributed by atoms with Crippen LogP contribution in [0.1, 0.15) is 56.7 Å². The predicted octanol–water partition coefficient (Wildman–Crippen LogP) is 3.97. The summed E-state index contributed by atoms with van der Waals surface area (Å²) >= 11 is 0. The van der Waals surface area contributed by atoms with Gasteiger partial charge in [0.05, 0.1) is 0 Å². The molecule has 0 atom stereocenters. The van der Waals surface area contributed by atoms with Gasteiger partial charge in [-0.2, -0.15) is 0 Å². The van der Waals surface area contributed by atoms with Crippen molar-refractivity contribution in [2.24, 2.45) is 23.2 Å². The number of pyridine rings is 1. The molecule has 2 nitrogen and oxygen atoms in total. The first kappa shape index (κ1) is 13.5. The van der Waals surface area contributed by atoms with Crippen molar-refractivity contribution in [3.8, 4) is 0 Å². The maximum Gasteiger partial charge on any atom is 0.144 e. The number of carbonyl (C=O) groups excluding carboxylic acids is 1. The molecule has 0 saturated heterocycles. The summed E-state index contributed by atoms with van der Waals surface area (Å²) in [4.78, 5) is 17.5. The predicted molar refractivity (Wildman–Crippen MR) is 82.9 cm³/mol. The summed E-state index contributed by atoms with van der Waals surface area (Å²) in [5.74, 6) is 3.01. The van der Waals surface area contributed by atoms with Crippen molar-refractivity contribution in [2.75, 3.05) is 0 Å². The standard InChI is InChI=1S/C19H25NO/c1-2-13-3-4-17(20-12-13)8-18(21)19-9-14-5-15(10-19)7-16(6-14)11-19/h3-4,12,14-16H,2,5-11H2,1H3. The quantitative estimate of drug-likeness (QED) is 0.837. The normalized spacial score (nSPS) is 36.9. The van der Waals surface area contributed by atoms with E-state index in [1.54, 1.807) is 0 Å². The molecule has 0 amide bonds. The number of rotatable bonds is 4. The maximum atomic E-state index is 13.0. The van der Waals surface area contributed by atoms with Crippen LogP contribution in [0.5, 0.6) is 0 Å². The van der Waals surface area contributed by atoms with Crippen LogP contribution in [0.4, 0.5) is 0 Å². The van der Waals surface area contributed by atoms with Gasteiger partial charge in [-0.05, 0) is 74.3 Å². The Balaban J connectivity index is 1.51. The number of aromatic nitrogens is 1. The van der Waals surface area contributed by atoms with Crippen LogP contribution in [-0.4, -0.2) is 10.8 Å². The molecule has 1 aromatic rings. The Hall–Kier alpha value is -1.18. The monoisotopic (exact) mass is 283 g/mol. The highest BCUT2D eigenvalue weighted by molar-refractivity contribution is 5.87. The van der Waals surface area contributed by atoms with Crippen LogP contribution in [0.25, 0.3) is 0 Å². The fourth-order valence-electron chi connectivity index (χ4n) is 5.57. The average molecular weight is 283 g/mol. The number of carbonyl (C=O) groups is 1. The first-order valence-corrected chi connectivity index (χ1v) is 8.64. The molecule has 0 aromatic carbocycles. The Morgan fingerprint density at radius 3 is 2.24 bits per heavy atom. The van der Waals surface area contributed by atoms with Crippen molar-refractivity contribution in [1.82, 2.24) is 4.98 Å². The largest absolute Gasteiger partial charge is 0.299 e. The maximum absolute atomic E-state index is 13.0. The molecule has 4 bridgehead atoms. The molecule has 21 heavy (non-hydrogen) atoms. The first-order valence-electron chi connectivity index (χ1n) is 8.64. The number of aryl methyl sites for hydroxylation is 1. The molecule has 4 aliphatic carbocycles. The molecule has 0 radical (unpaired) electrons. The lowest BCUT2D eigenvalue weighted by molar-refractivity contribution is -0.143. The number of nitrogens with zero attached hydrogens (tertiary/aromatic N) is 1. The molecular formula is C19H25NO. The molecule has 4 fully saturated rings. The fourth-order valence-corrected chi connectivity index (χ4v) is 5.57. The van der Waals surface area contributed by atoms with Crippen molar-refractivity contribution < 1.29 is 4.79 Å². The van der Waals surface area contributed by atoms with Crippen molar-refractivity contribution in [3.63, 3.8) is 0 Å². The van der Waals surface area contributed by atoms with Gasteiger partial charge in [-0.25, -0.2) is 0 Å². The molecule has 5 rings (SSSR count). The van der Waals surface area contributed by atoms with Gasteiger partial charge in [-0.3, -0.25) is 9.78 Å². The molecule has 1 aromatic heterocycles. The van der Waals surface area contributed by atoms with Crippen LogP contribution in [0, 0.1) is 23.2 Å². The summed E-state index contributed by atoms with van der Waals surface area (Å²) in [6, 6.07) is 4.17. The smallest absolute Gasteiger partial charge is 0.144 e. The van der Waals surface area contributed by atoms with Crippen LogP contribution in [0.2, 0.25) is 0 Å². The van der Waals surface area contributed by atoms with E-state index < -0.39 is 0 Å². The lowest BCUT2D eigenvalue weighted by atomic mass is 9.48. The van der Waals surface area contributed by atoms with E-state index >= 15 is 0 Å². The van der Waals surface area contributed by atoms with E-state index in [0.29, 0.717) is 12.2 Å². The highest BCUT2D eigenvalue weighted by atomic mass is 16.1. The highest BCUT2D eigenvalue weighted by Gasteiger charge is 2.54. The van der Waals surface area contributed by atoms with E-state index in [4.69, 9.17) is 0 Å². The van der Waals surface area contributed by atoms with E-state index in [-0.39, 0.29) is 5.41 Å². The first-order chi connectivity index (χ1) is 10.2. The summed E-state index contributed by atoms with van der Waals surface area (Å²) < 4.78 is 0. The Morgan fingerprint density at radius 2 is 1.76 bits per heavy atom. The SMILES string of the molecule is CCc1ccc(CC(=O)C23CC4CC(CC(C4)C2)C3)nc1. The number of Topliss-reactive ketones (excluding diaryl/α,β-unsaturated/α-hetero) is 1. The zero-order chi connectivity index (χ0) is 14.4. The zero-order valence-electron chi connectivity index (χ0n) is 13.0. The van der Waals surface area contributed by atoms with Crippen LogP contribution in [0.3, 0.4) is 0 Å². The molecule has 112 valence electrons. The summed E-state index contributed by atoms with van der Waals surface area (Å²) in [5.41, 5.74) is 2.24. The summed E-state index contributed by atoms with van der Waals surface area (Å²) in [5, 5.41) is 0. The van der Waals surface area contributed by atoms with Gasteiger partial charge in [0.25, 0.3) is 0 Å². The van der Waals surface area contributed by atoms with Crippen molar-refractivity contribution in [2.45, 2.75) is 58.3 Å². The summed E-state index contributed by atoms with van der Waals surface area (Å²) in [6.45, 7) is 2.14. The van der Waals surface area contributed by atoms with Gasteiger partial charge >= 0.3 is 0 Å². The van der Waals surface area contributed by atoms with Crippen LogP contribution in [0.15, 0.2) is 18.3 Å². The second-order valence-electron chi connectivity index (χ2n) is 7.81. The fraction of sp³-hybridized carbons (Fsp3) is 0.684. The third kappa shape index (κ3) is 2.33. The third-order valence-electron chi connectivity index (χ3n) is 6.27. The molecule has 4 aliphatic rings. The van der Waals surface area contributed by atoms with Gasteiger partial charge in [-0.1, -0.05) is 13.0 Å². The number of hydrogen-bond donors (Lipinski definition) is 0. The number of hydrogen-bond acceptors (Lipinski definition) is 2. The van der Waals surface area contributed by atoms with E-state index in [0.717, 1.165) is 29.9 Å². The molecule has 0 unspecified atom stereocenters. The van der Waals surface area contributed by atoms with Crippen LogP contribution in [-0.2, 0) is 17.6 Å². The van der Waals surface area contributed by atoms with Gasteiger partial charge in [0, 0.05) is 23.7 Å². The second kappa shape index (κ2) is 4.93. The van der Waals surface area contributed by atoms with Gasteiger partial charge < -0.3 is 0 Å². The minimum atomic E-state index is 0.0276. The van der Waals surface area contributed by atoms with Crippen molar-refractivity contribution in [3.05, 3.63) is 29.6 Å². The topological polar surface area (TPSA) is 30.0 Å². The molecule has 0 spiro atoms. The molecule has 1 heterocycles. The van der Waals surface area contributed by atoms with Crippen molar-refractivity contribution in [1.29, 1.82) is 0 Å². The second-order valence-corrected chi connectivity index (χ2v) is 7.81. The summed E-state index contributed by atoms with van der Waals surface area (Å²) in [6.07, 6.45) is 11.2. The lowest BCUT2D eigenvalue weighted by Gasteiger charge is -2.56. The average Bonchev–Trinajstić information content (AvgIpc) is 2.46. The molecule has 0 aliphatic heterocycles. The zero-order valence-corrected chi connectivity index (χ0v) is 13.0. The van der Waals surface area contributed by atoms with E-state index in [1.165, 1.54) is 44.1 Å². The van der Waals surface area contributed by atoms with Gasteiger partial charge in [-0.15, -0.1) is 0 Å². The van der Waals surface area contributed by atoms with Gasteiger partial charge in [0.1, 0.15) is 5.78 Å². The van der Waals surface area contributed by atoms with E-state index in [2.05, 4.69) is 24.0 Å². The van der Waals surface area contributed by atoms with E-state index in [9.17, 15) is 4.79 Å². The van der Waals surface area contributed by atoms with E-state index in [1.807, 2.05) is 6.20 Å². The minimum Gasteiger partial charge on any atom is -0.299 e. The molecular weight excluding hydrogens is 258 g/mol. The summed E-state index contributed by atoms with van der Waals surface area (Å²) in [7, 11) is 0. The van der Waals surface area contributed by atoms with Gasteiger partial charge in [0.2, 0.25) is 0 Å². The lowest BCUT2D eigenvalue weighted by Crippen LogP contribution is -2.50. The Labute approximate surface area is 127 Å². The van der Waals surface area contributed by atoms with Crippen molar-refractivity contribution >= 4 is 5.78 Å². The highest BCUT2D eigenvalue weighted by Crippen LogP contribution is 2.60. The van der Waals surface area contributed by atoms with Crippen LogP contribution >= 0.6 is 0 Å². The van der Waals surface area contributed by atoms with Gasteiger partial charge in [0.15, 0.2) is 0 Å². The molecule has 4 saturated carbocycles. The number of ketones is 1. The van der Waals surface area contributed by atoms with Crippen LogP contribution < -0.4 is 0 Å². The molecule has 0 N–H and O–H groups in total. The Morgan fingerprint density at radius 1 is 1.14 bits per heavy atom. The Bertz CT molecular complexity index is 510. The Kier molecular flexibility index (Phi) is 3.16. The minimum absolute atomic E-state index is 0.0276.